The molecule has 1 atom stereocenters. The van der Waals surface area contributed by atoms with Gasteiger partial charge in [-0.15, -0.1) is 11.3 Å². The van der Waals surface area contributed by atoms with Crippen molar-refractivity contribution >= 4 is 27.9 Å². The van der Waals surface area contributed by atoms with Crippen molar-refractivity contribution in [2.24, 2.45) is 0 Å². The van der Waals surface area contributed by atoms with Gasteiger partial charge in [-0.3, -0.25) is 0 Å². The molecule has 0 aliphatic carbocycles. The molecule has 0 N–H and O–H groups in total. The number of nitriles is 1. The molecule has 1 fully saturated rings. The Morgan fingerprint density at radius 2 is 2.38 bits per heavy atom. The maximum atomic E-state index is 9.32. The first-order chi connectivity index (χ1) is 10.2. The highest BCUT2D eigenvalue weighted by Crippen LogP contribution is 2.35. The molecule has 0 radical (unpaired) electrons. The molecule has 2 aromatic heterocycles. The molecule has 6 heteroatoms. The predicted octanol–water partition coefficient (Wildman–Crippen LogP) is 3.73. The lowest BCUT2D eigenvalue weighted by molar-refractivity contribution is 0.509. The van der Waals surface area contributed by atoms with E-state index in [1.807, 2.05) is 6.92 Å². The van der Waals surface area contributed by atoms with Crippen molar-refractivity contribution in [1.82, 2.24) is 9.36 Å². The molecule has 0 unspecified atom stereocenters. The quantitative estimate of drug-likeness (QED) is 0.865. The summed E-state index contributed by atoms with van der Waals surface area (Å²) < 4.78 is 4.34. The zero-order valence-corrected chi connectivity index (χ0v) is 13.9. The molecular formula is C15H18N4S2. The van der Waals surface area contributed by atoms with Gasteiger partial charge in [-0.2, -0.15) is 9.64 Å². The molecule has 0 saturated carbocycles. The molecule has 0 amide bonds. The first-order valence-corrected chi connectivity index (χ1v) is 8.93. The van der Waals surface area contributed by atoms with E-state index in [2.05, 4.69) is 27.6 Å². The molecule has 1 aliphatic rings. The summed E-state index contributed by atoms with van der Waals surface area (Å²) in [6.07, 6.45) is 3.33. The van der Waals surface area contributed by atoms with E-state index >= 15 is 0 Å². The number of aromatic nitrogens is 2. The highest BCUT2D eigenvalue weighted by molar-refractivity contribution is 7.10. The van der Waals surface area contributed by atoms with Crippen molar-refractivity contribution in [3.63, 3.8) is 0 Å². The number of aryl methyl sites for hydroxylation is 2. The topological polar surface area (TPSA) is 52.8 Å². The summed E-state index contributed by atoms with van der Waals surface area (Å²) in [5, 5.41) is 13.8. The SMILES string of the molecule is CCc1csc([C@@H]2CCCN(c3snc(C)c3C#N)C2)n1. The first kappa shape index (κ1) is 14.5. The van der Waals surface area contributed by atoms with E-state index in [9.17, 15) is 5.26 Å². The smallest absolute Gasteiger partial charge is 0.130 e. The van der Waals surface area contributed by atoms with Gasteiger partial charge < -0.3 is 4.90 Å². The van der Waals surface area contributed by atoms with Crippen molar-refractivity contribution in [2.75, 3.05) is 18.0 Å². The normalized spacial score (nSPS) is 18.7. The minimum Gasteiger partial charge on any atom is -0.360 e. The van der Waals surface area contributed by atoms with Gasteiger partial charge in [0, 0.05) is 24.4 Å². The van der Waals surface area contributed by atoms with Crippen LogP contribution in [0.4, 0.5) is 5.00 Å². The number of nitrogens with zero attached hydrogens (tertiary/aromatic N) is 4. The van der Waals surface area contributed by atoms with Gasteiger partial charge in [-0.05, 0) is 37.7 Å². The fourth-order valence-electron chi connectivity index (χ4n) is 2.74. The van der Waals surface area contributed by atoms with Crippen LogP contribution in [0.1, 0.15) is 47.6 Å². The highest BCUT2D eigenvalue weighted by atomic mass is 32.1. The van der Waals surface area contributed by atoms with Crippen molar-refractivity contribution < 1.29 is 0 Å². The van der Waals surface area contributed by atoms with Crippen LogP contribution in [0.15, 0.2) is 5.38 Å². The molecular weight excluding hydrogens is 300 g/mol. The summed E-state index contributed by atoms with van der Waals surface area (Å²) in [5.74, 6) is 0.484. The largest absolute Gasteiger partial charge is 0.360 e. The van der Waals surface area contributed by atoms with E-state index in [4.69, 9.17) is 4.98 Å². The van der Waals surface area contributed by atoms with Crippen LogP contribution < -0.4 is 4.90 Å². The number of hydrogen-bond donors (Lipinski definition) is 0. The number of anilines is 1. The van der Waals surface area contributed by atoms with E-state index in [1.54, 1.807) is 11.3 Å². The van der Waals surface area contributed by atoms with Crippen LogP contribution in [0.5, 0.6) is 0 Å². The molecule has 4 nitrogen and oxygen atoms in total. The van der Waals surface area contributed by atoms with Gasteiger partial charge in [-0.1, -0.05) is 6.92 Å². The lowest BCUT2D eigenvalue weighted by atomic mass is 9.98. The average molecular weight is 318 g/mol. The fourth-order valence-corrected chi connectivity index (χ4v) is 4.65. The minimum absolute atomic E-state index is 0.484. The van der Waals surface area contributed by atoms with E-state index in [-0.39, 0.29) is 0 Å². The Morgan fingerprint density at radius 1 is 1.52 bits per heavy atom. The summed E-state index contributed by atoms with van der Waals surface area (Å²) >= 11 is 3.23. The van der Waals surface area contributed by atoms with Gasteiger partial charge in [0.15, 0.2) is 0 Å². The monoisotopic (exact) mass is 318 g/mol. The lowest BCUT2D eigenvalue weighted by Crippen LogP contribution is -2.34. The fraction of sp³-hybridized carbons (Fsp3) is 0.533. The molecule has 0 bridgehead atoms. The standard InChI is InChI=1S/C15H18N4S2/c1-3-12-9-20-14(17-12)11-5-4-6-19(8-11)15-13(7-16)10(2)18-21-15/h9,11H,3-6,8H2,1-2H3/t11-/m1/s1. The molecule has 0 spiro atoms. The zero-order chi connectivity index (χ0) is 14.8. The van der Waals surface area contributed by atoms with Crippen LogP contribution in [0.3, 0.4) is 0 Å². The summed E-state index contributed by atoms with van der Waals surface area (Å²) in [6.45, 7) is 6.02. The summed E-state index contributed by atoms with van der Waals surface area (Å²) in [4.78, 5) is 7.07. The third kappa shape index (κ3) is 2.81. The van der Waals surface area contributed by atoms with Crippen LogP contribution in [-0.2, 0) is 6.42 Å². The average Bonchev–Trinajstić information content (AvgIpc) is 3.13. The third-order valence-electron chi connectivity index (χ3n) is 3.95. The van der Waals surface area contributed by atoms with E-state index in [0.717, 1.165) is 42.2 Å². The molecule has 1 aliphatic heterocycles. The molecule has 110 valence electrons. The molecule has 3 rings (SSSR count). The van der Waals surface area contributed by atoms with Crippen molar-refractivity contribution in [2.45, 2.75) is 39.0 Å². The number of piperidine rings is 1. The zero-order valence-electron chi connectivity index (χ0n) is 12.3. The van der Waals surface area contributed by atoms with Gasteiger partial charge in [-0.25, -0.2) is 4.98 Å². The summed E-state index contributed by atoms with van der Waals surface area (Å²) in [7, 11) is 0. The Hall–Kier alpha value is -1.45. The molecule has 1 saturated heterocycles. The Labute approximate surface area is 133 Å². The van der Waals surface area contributed by atoms with Crippen LogP contribution in [0.25, 0.3) is 0 Å². The highest BCUT2D eigenvalue weighted by Gasteiger charge is 2.27. The summed E-state index contributed by atoms with van der Waals surface area (Å²) in [5.41, 5.74) is 2.79. The number of thiazole rings is 1. The second-order valence-electron chi connectivity index (χ2n) is 5.38. The van der Waals surface area contributed by atoms with Crippen LogP contribution >= 0.6 is 22.9 Å². The Morgan fingerprint density at radius 3 is 3.10 bits per heavy atom. The molecule has 2 aromatic rings. The third-order valence-corrected chi connectivity index (χ3v) is 6.00. The predicted molar refractivity (Wildman–Crippen MR) is 87.2 cm³/mol. The van der Waals surface area contributed by atoms with Crippen LogP contribution in [0, 0.1) is 18.3 Å². The Balaban J connectivity index is 1.81. The van der Waals surface area contributed by atoms with E-state index in [1.165, 1.54) is 28.7 Å². The molecule has 0 aromatic carbocycles. The number of hydrogen-bond acceptors (Lipinski definition) is 6. The van der Waals surface area contributed by atoms with E-state index in [0.29, 0.717) is 5.92 Å². The van der Waals surface area contributed by atoms with Crippen molar-refractivity contribution in [1.29, 1.82) is 5.26 Å². The molecule has 21 heavy (non-hydrogen) atoms. The Bertz CT molecular complexity index is 668. The van der Waals surface area contributed by atoms with Gasteiger partial charge in [0.2, 0.25) is 0 Å². The minimum atomic E-state index is 0.484. The van der Waals surface area contributed by atoms with Crippen LogP contribution in [0.2, 0.25) is 0 Å². The van der Waals surface area contributed by atoms with Crippen molar-refractivity contribution in [3.05, 3.63) is 27.3 Å². The lowest BCUT2D eigenvalue weighted by Gasteiger charge is -2.32. The van der Waals surface area contributed by atoms with Crippen molar-refractivity contribution in [3.8, 4) is 6.07 Å². The number of rotatable bonds is 3. The second kappa shape index (κ2) is 6.12. The van der Waals surface area contributed by atoms with E-state index < -0.39 is 0 Å². The van der Waals surface area contributed by atoms with Gasteiger partial charge in [0.05, 0.1) is 16.4 Å². The molecule has 3 heterocycles. The maximum absolute atomic E-state index is 9.32. The van der Waals surface area contributed by atoms with Gasteiger partial charge in [0.1, 0.15) is 16.6 Å². The van der Waals surface area contributed by atoms with Crippen LogP contribution in [-0.4, -0.2) is 22.4 Å². The first-order valence-electron chi connectivity index (χ1n) is 7.28. The van der Waals surface area contributed by atoms with Gasteiger partial charge >= 0.3 is 0 Å². The summed E-state index contributed by atoms with van der Waals surface area (Å²) in [6, 6.07) is 2.30. The second-order valence-corrected chi connectivity index (χ2v) is 7.02. The Kier molecular flexibility index (Phi) is 4.22. The maximum Gasteiger partial charge on any atom is 0.130 e. The van der Waals surface area contributed by atoms with Gasteiger partial charge in [0.25, 0.3) is 0 Å².